The quantitative estimate of drug-likeness (QED) is 0.248. The third-order valence-electron chi connectivity index (χ3n) is 3.33. The van der Waals surface area contributed by atoms with Crippen molar-refractivity contribution in [3.05, 3.63) is 60.2 Å². The number of ether oxygens (including phenoxy) is 1. The molecule has 6 heteroatoms. The first-order valence-electron chi connectivity index (χ1n) is 8.26. The van der Waals surface area contributed by atoms with Crippen LogP contribution < -0.4 is 15.4 Å². The molecule has 0 fully saturated rings. The van der Waals surface area contributed by atoms with Gasteiger partial charge in [-0.3, -0.25) is 4.99 Å². The zero-order chi connectivity index (χ0) is 17.0. The number of phenolic OH excluding ortho intramolecular Hbond substituents is 1. The van der Waals surface area contributed by atoms with E-state index < -0.39 is 0 Å². The first-order valence-corrected chi connectivity index (χ1v) is 8.26. The number of aliphatic imine (C=N–C) groups is 1. The number of rotatable bonds is 8. The van der Waals surface area contributed by atoms with Crippen LogP contribution >= 0.6 is 24.0 Å². The first-order chi connectivity index (χ1) is 11.8. The molecule has 0 unspecified atom stereocenters. The molecule has 0 aliphatic carbocycles. The fourth-order valence-electron chi connectivity index (χ4n) is 2.21. The average Bonchev–Trinajstić information content (AvgIpc) is 2.59. The van der Waals surface area contributed by atoms with Crippen LogP contribution in [0.5, 0.6) is 11.5 Å². The van der Waals surface area contributed by atoms with E-state index in [2.05, 4.69) is 15.6 Å². The number of benzene rings is 2. The Labute approximate surface area is 166 Å². The summed E-state index contributed by atoms with van der Waals surface area (Å²) >= 11 is 0. The van der Waals surface area contributed by atoms with Crippen LogP contribution in [0.2, 0.25) is 0 Å². The van der Waals surface area contributed by atoms with Crippen molar-refractivity contribution < 1.29 is 9.84 Å². The monoisotopic (exact) mass is 455 g/mol. The standard InChI is InChI=1S/C19H25N3O2.HI/c1-2-20-19(21-12-11-16-7-6-8-17(23)15-16)22-13-14-24-18-9-4-3-5-10-18;/h3-10,15,23H,2,11-14H2,1H3,(H2,20,21,22);1H. The van der Waals surface area contributed by atoms with Crippen molar-refractivity contribution in [2.24, 2.45) is 4.99 Å². The van der Waals surface area contributed by atoms with Gasteiger partial charge in [-0.05, 0) is 43.2 Å². The second-order valence-corrected chi connectivity index (χ2v) is 5.27. The summed E-state index contributed by atoms with van der Waals surface area (Å²) in [5.41, 5.74) is 1.07. The molecule has 25 heavy (non-hydrogen) atoms. The molecule has 2 aromatic carbocycles. The summed E-state index contributed by atoms with van der Waals surface area (Å²) in [6.07, 6.45) is 0.783. The van der Waals surface area contributed by atoms with E-state index in [9.17, 15) is 5.11 Å². The van der Waals surface area contributed by atoms with Gasteiger partial charge < -0.3 is 20.5 Å². The van der Waals surface area contributed by atoms with E-state index in [1.807, 2.05) is 49.4 Å². The van der Waals surface area contributed by atoms with Gasteiger partial charge in [0.25, 0.3) is 0 Å². The Morgan fingerprint density at radius 1 is 1.08 bits per heavy atom. The van der Waals surface area contributed by atoms with Crippen LogP contribution in [0.1, 0.15) is 12.5 Å². The molecule has 0 bridgehead atoms. The smallest absolute Gasteiger partial charge is 0.191 e. The van der Waals surface area contributed by atoms with Gasteiger partial charge in [-0.2, -0.15) is 0 Å². The van der Waals surface area contributed by atoms with E-state index in [1.54, 1.807) is 12.1 Å². The predicted molar refractivity (Wildman–Crippen MR) is 113 cm³/mol. The highest BCUT2D eigenvalue weighted by Gasteiger charge is 1.99. The molecular formula is C19H26IN3O2. The Hall–Kier alpha value is -1.96. The van der Waals surface area contributed by atoms with Gasteiger partial charge >= 0.3 is 0 Å². The molecule has 0 amide bonds. The maximum atomic E-state index is 9.47. The first kappa shape index (κ1) is 21.1. The number of aromatic hydroxyl groups is 1. The Kier molecular flexibility index (Phi) is 10.5. The SMILES string of the molecule is CCNC(=NCCc1cccc(O)c1)NCCOc1ccccc1.I. The van der Waals surface area contributed by atoms with E-state index in [4.69, 9.17) is 4.74 Å². The molecule has 0 aliphatic heterocycles. The fraction of sp³-hybridized carbons (Fsp3) is 0.316. The molecule has 0 saturated carbocycles. The van der Waals surface area contributed by atoms with Gasteiger partial charge in [-0.1, -0.05) is 30.3 Å². The van der Waals surface area contributed by atoms with Crippen LogP contribution in [0.4, 0.5) is 0 Å². The van der Waals surface area contributed by atoms with Crippen LogP contribution in [0.15, 0.2) is 59.6 Å². The topological polar surface area (TPSA) is 65.9 Å². The Morgan fingerprint density at radius 3 is 2.60 bits per heavy atom. The van der Waals surface area contributed by atoms with Crippen molar-refractivity contribution >= 4 is 29.9 Å². The Balaban J connectivity index is 0.00000312. The lowest BCUT2D eigenvalue weighted by atomic mass is 10.1. The number of para-hydroxylation sites is 1. The number of halogens is 1. The van der Waals surface area contributed by atoms with Crippen molar-refractivity contribution in [1.29, 1.82) is 0 Å². The molecule has 0 aliphatic rings. The summed E-state index contributed by atoms with van der Waals surface area (Å²) in [6, 6.07) is 17.0. The summed E-state index contributed by atoms with van der Waals surface area (Å²) in [5, 5.41) is 15.9. The van der Waals surface area contributed by atoms with Gasteiger partial charge in [0, 0.05) is 13.1 Å². The van der Waals surface area contributed by atoms with Gasteiger partial charge in [0.05, 0.1) is 6.54 Å². The van der Waals surface area contributed by atoms with Crippen LogP contribution in [0, 0.1) is 0 Å². The van der Waals surface area contributed by atoms with Gasteiger partial charge in [0.2, 0.25) is 0 Å². The maximum Gasteiger partial charge on any atom is 0.191 e. The van der Waals surface area contributed by atoms with Gasteiger partial charge in [-0.15, -0.1) is 24.0 Å². The molecular weight excluding hydrogens is 429 g/mol. The lowest BCUT2D eigenvalue weighted by Crippen LogP contribution is -2.39. The number of hydrogen-bond acceptors (Lipinski definition) is 3. The normalized spacial score (nSPS) is 10.7. The minimum Gasteiger partial charge on any atom is -0.508 e. The summed E-state index contributed by atoms with van der Waals surface area (Å²) in [5.74, 6) is 1.93. The average molecular weight is 455 g/mol. The number of nitrogens with zero attached hydrogens (tertiary/aromatic N) is 1. The van der Waals surface area contributed by atoms with E-state index in [1.165, 1.54) is 0 Å². The maximum absolute atomic E-state index is 9.47. The van der Waals surface area contributed by atoms with E-state index >= 15 is 0 Å². The van der Waals surface area contributed by atoms with Crippen LogP contribution in [-0.2, 0) is 6.42 Å². The van der Waals surface area contributed by atoms with Crippen LogP contribution in [-0.4, -0.2) is 37.3 Å². The van der Waals surface area contributed by atoms with Crippen molar-refractivity contribution in [2.75, 3.05) is 26.2 Å². The molecule has 0 heterocycles. The molecule has 0 aromatic heterocycles. The fourth-order valence-corrected chi connectivity index (χ4v) is 2.21. The highest BCUT2D eigenvalue weighted by Crippen LogP contribution is 2.11. The molecule has 136 valence electrons. The van der Waals surface area contributed by atoms with Gasteiger partial charge in [0.1, 0.15) is 18.1 Å². The highest BCUT2D eigenvalue weighted by atomic mass is 127. The molecule has 2 aromatic rings. The van der Waals surface area contributed by atoms with E-state index in [0.29, 0.717) is 25.4 Å². The zero-order valence-corrected chi connectivity index (χ0v) is 16.8. The number of guanidine groups is 1. The third-order valence-corrected chi connectivity index (χ3v) is 3.33. The van der Waals surface area contributed by atoms with E-state index in [0.717, 1.165) is 30.2 Å². The minimum absolute atomic E-state index is 0. The van der Waals surface area contributed by atoms with Crippen molar-refractivity contribution in [1.82, 2.24) is 10.6 Å². The van der Waals surface area contributed by atoms with Crippen molar-refractivity contribution in [2.45, 2.75) is 13.3 Å². The molecule has 0 radical (unpaired) electrons. The zero-order valence-electron chi connectivity index (χ0n) is 14.4. The summed E-state index contributed by atoms with van der Waals surface area (Å²) in [4.78, 5) is 4.54. The molecule has 3 N–H and O–H groups in total. The molecule has 0 atom stereocenters. The van der Waals surface area contributed by atoms with Gasteiger partial charge in [0.15, 0.2) is 5.96 Å². The van der Waals surface area contributed by atoms with E-state index in [-0.39, 0.29) is 24.0 Å². The van der Waals surface area contributed by atoms with Crippen LogP contribution in [0.25, 0.3) is 0 Å². The lowest BCUT2D eigenvalue weighted by Gasteiger charge is -2.12. The highest BCUT2D eigenvalue weighted by molar-refractivity contribution is 14.0. The molecule has 5 nitrogen and oxygen atoms in total. The molecule has 2 rings (SSSR count). The largest absolute Gasteiger partial charge is 0.508 e. The Bertz CT molecular complexity index is 636. The van der Waals surface area contributed by atoms with Crippen molar-refractivity contribution in [3.63, 3.8) is 0 Å². The molecule has 0 spiro atoms. The summed E-state index contributed by atoms with van der Waals surface area (Å²) in [7, 11) is 0. The number of phenols is 1. The second-order valence-electron chi connectivity index (χ2n) is 5.27. The summed E-state index contributed by atoms with van der Waals surface area (Å²) < 4.78 is 5.65. The predicted octanol–water partition coefficient (Wildman–Crippen LogP) is 3.19. The number of nitrogens with one attached hydrogen (secondary N) is 2. The van der Waals surface area contributed by atoms with Crippen LogP contribution in [0.3, 0.4) is 0 Å². The summed E-state index contributed by atoms with van der Waals surface area (Å²) in [6.45, 7) is 4.73. The lowest BCUT2D eigenvalue weighted by molar-refractivity contribution is 0.322. The minimum atomic E-state index is 0. The second kappa shape index (κ2) is 12.4. The van der Waals surface area contributed by atoms with Crippen molar-refractivity contribution in [3.8, 4) is 11.5 Å². The third kappa shape index (κ3) is 8.62. The van der Waals surface area contributed by atoms with Gasteiger partial charge in [-0.25, -0.2) is 0 Å². The Morgan fingerprint density at radius 2 is 1.88 bits per heavy atom. The number of hydrogen-bond donors (Lipinski definition) is 3. The molecule has 0 saturated heterocycles.